The summed E-state index contributed by atoms with van der Waals surface area (Å²) in [6.45, 7) is 2.04. The van der Waals surface area contributed by atoms with Gasteiger partial charge in [0.15, 0.2) is 0 Å². The number of rotatable bonds is 4. The fourth-order valence-electron chi connectivity index (χ4n) is 1.45. The molecule has 18 heavy (non-hydrogen) atoms. The third-order valence-electron chi connectivity index (χ3n) is 2.62. The Labute approximate surface area is 115 Å². The van der Waals surface area contributed by atoms with Crippen LogP contribution in [0.5, 0.6) is 0 Å². The molecule has 1 atom stereocenters. The first kappa shape index (κ1) is 13.3. The van der Waals surface area contributed by atoms with Gasteiger partial charge in [-0.3, -0.25) is 0 Å². The molecule has 96 valence electrons. The van der Waals surface area contributed by atoms with E-state index in [-0.39, 0.29) is 6.04 Å². The minimum Gasteiger partial charge on any atom is -0.339 e. The molecule has 0 bridgehead atoms. The summed E-state index contributed by atoms with van der Waals surface area (Å²) in [5.41, 5.74) is 0.788. The van der Waals surface area contributed by atoms with E-state index < -0.39 is 0 Å². The van der Waals surface area contributed by atoms with E-state index in [9.17, 15) is 0 Å². The molecule has 0 aliphatic rings. The van der Waals surface area contributed by atoms with Crippen LogP contribution >= 0.6 is 23.2 Å². The lowest BCUT2D eigenvalue weighted by atomic mass is 10.2. The summed E-state index contributed by atoms with van der Waals surface area (Å²) in [7, 11) is 1.89. The minimum atomic E-state index is 0.284. The molecule has 1 unspecified atom stereocenters. The van der Waals surface area contributed by atoms with Crippen LogP contribution in [0.15, 0.2) is 22.7 Å². The van der Waals surface area contributed by atoms with Crippen LogP contribution in [0, 0.1) is 0 Å². The van der Waals surface area contributed by atoms with Gasteiger partial charge < -0.3 is 9.84 Å². The summed E-state index contributed by atoms with van der Waals surface area (Å²) in [5.74, 6) is 1.12. The van der Waals surface area contributed by atoms with Crippen molar-refractivity contribution in [3.05, 3.63) is 34.1 Å². The third-order valence-corrected chi connectivity index (χ3v) is 3.36. The number of hydrogen-bond donors (Lipinski definition) is 1. The molecule has 0 radical (unpaired) electrons. The van der Waals surface area contributed by atoms with Gasteiger partial charge in [0.1, 0.15) is 0 Å². The van der Waals surface area contributed by atoms with Gasteiger partial charge in [0.05, 0.1) is 10.0 Å². The first-order valence-electron chi connectivity index (χ1n) is 5.55. The lowest BCUT2D eigenvalue weighted by Crippen LogP contribution is -2.23. The Morgan fingerprint density at radius 3 is 2.78 bits per heavy atom. The van der Waals surface area contributed by atoms with Crippen molar-refractivity contribution in [1.82, 2.24) is 15.5 Å². The van der Waals surface area contributed by atoms with Crippen molar-refractivity contribution in [2.75, 3.05) is 7.05 Å². The van der Waals surface area contributed by atoms with E-state index in [0.717, 1.165) is 5.56 Å². The number of benzene rings is 1. The highest BCUT2D eigenvalue weighted by atomic mass is 35.5. The average Bonchev–Trinajstić information content (AvgIpc) is 2.81. The van der Waals surface area contributed by atoms with Crippen LogP contribution in [-0.2, 0) is 6.42 Å². The van der Waals surface area contributed by atoms with Crippen molar-refractivity contribution in [2.24, 2.45) is 0 Å². The predicted octanol–water partition coefficient (Wildman–Crippen LogP) is 3.19. The van der Waals surface area contributed by atoms with Crippen molar-refractivity contribution < 1.29 is 4.52 Å². The van der Waals surface area contributed by atoms with Gasteiger partial charge in [-0.05, 0) is 32.2 Å². The van der Waals surface area contributed by atoms with E-state index in [0.29, 0.717) is 28.2 Å². The first-order valence-corrected chi connectivity index (χ1v) is 6.31. The fourth-order valence-corrected chi connectivity index (χ4v) is 1.75. The van der Waals surface area contributed by atoms with E-state index in [1.54, 1.807) is 12.1 Å². The zero-order valence-corrected chi connectivity index (χ0v) is 11.6. The summed E-state index contributed by atoms with van der Waals surface area (Å²) in [6, 6.07) is 5.53. The van der Waals surface area contributed by atoms with Gasteiger partial charge in [0, 0.05) is 18.0 Å². The molecule has 0 fully saturated rings. The Morgan fingerprint density at radius 1 is 1.33 bits per heavy atom. The van der Waals surface area contributed by atoms with Crippen molar-refractivity contribution >= 4 is 23.2 Å². The molecule has 2 rings (SSSR count). The van der Waals surface area contributed by atoms with E-state index in [4.69, 9.17) is 27.7 Å². The second-order valence-corrected chi connectivity index (χ2v) is 4.85. The molecule has 0 saturated heterocycles. The summed E-state index contributed by atoms with van der Waals surface area (Å²) in [6.07, 6.45) is 0.685. The van der Waals surface area contributed by atoms with E-state index >= 15 is 0 Å². The molecule has 1 N–H and O–H groups in total. The smallest absolute Gasteiger partial charge is 0.228 e. The van der Waals surface area contributed by atoms with Gasteiger partial charge in [-0.15, -0.1) is 0 Å². The molecule has 4 nitrogen and oxygen atoms in total. The zero-order chi connectivity index (χ0) is 13.1. The van der Waals surface area contributed by atoms with Crippen LogP contribution in [0.4, 0.5) is 0 Å². The van der Waals surface area contributed by atoms with Gasteiger partial charge in [0.25, 0.3) is 0 Å². The van der Waals surface area contributed by atoms with E-state index in [2.05, 4.69) is 15.5 Å². The maximum atomic E-state index is 5.95. The SMILES string of the molecule is CNC(C)Cc1nc(-c2ccc(Cl)c(Cl)c2)no1. The molecule has 0 amide bonds. The van der Waals surface area contributed by atoms with Crippen molar-refractivity contribution in [2.45, 2.75) is 19.4 Å². The molecule has 0 spiro atoms. The number of halogens is 2. The Morgan fingerprint density at radius 2 is 2.11 bits per heavy atom. The maximum Gasteiger partial charge on any atom is 0.228 e. The van der Waals surface area contributed by atoms with Crippen LogP contribution in [-0.4, -0.2) is 23.2 Å². The third kappa shape index (κ3) is 3.02. The van der Waals surface area contributed by atoms with Crippen molar-refractivity contribution in [3.8, 4) is 11.4 Å². The molecule has 0 saturated carbocycles. The molecule has 1 aromatic heterocycles. The summed E-state index contributed by atoms with van der Waals surface area (Å²) in [5, 5.41) is 8.03. The van der Waals surface area contributed by atoms with Gasteiger partial charge in [0.2, 0.25) is 11.7 Å². The number of nitrogens with one attached hydrogen (secondary N) is 1. The number of hydrogen-bond acceptors (Lipinski definition) is 4. The standard InChI is InChI=1S/C12H13Cl2N3O/c1-7(15-2)5-11-16-12(17-18-11)8-3-4-9(13)10(14)6-8/h3-4,6-7,15H,5H2,1-2H3. The second-order valence-electron chi connectivity index (χ2n) is 4.03. The first-order chi connectivity index (χ1) is 8.60. The number of likely N-dealkylation sites (N-methyl/N-ethyl adjacent to an activating group) is 1. The van der Waals surface area contributed by atoms with Gasteiger partial charge in [-0.1, -0.05) is 28.4 Å². The lowest BCUT2D eigenvalue weighted by molar-refractivity contribution is 0.365. The summed E-state index contributed by atoms with van der Waals surface area (Å²) >= 11 is 11.8. The summed E-state index contributed by atoms with van der Waals surface area (Å²) < 4.78 is 5.18. The van der Waals surface area contributed by atoms with Crippen LogP contribution in [0.3, 0.4) is 0 Å². The Balaban J connectivity index is 2.21. The highest BCUT2D eigenvalue weighted by molar-refractivity contribution is 6.42. The van der Waals surface area contributed by atoms with Gasteiger partial charge in [-0.2, -0.15) is 4.98 Å². The maximum absolute atomic E-state index is 5.95. The second kappa shape index (κ2) is 5.69. The molecule has 2 aromatic rings. The van der Waals surface area contributed by atoms with E-state index in [1.807, 2.05) is 20.0 Å². The fraction of sp³-hybridized carbons (Fsp3) is 0.333. The Bertz CT molecular complexity index is 542. The lowest BCUT2D eigenvalue weighted by Gasteiger charge is -2.04. The number of aromatic nitrogens is 2. The summed E-state index contributed by atoms with van der Waals surface area (Å²) in [4.78, 5) is 4.32. The van der Waals surface area contributed by atoms with Crippen LogP contribution < -0.4 is 5.32 Å². The molecule has 6 heteroatoms. The molecular formula is C12H13Cl2N3O. The van der Waals surface area contributed by atoms with Crippen molar-refractivity contribution in [3.63, 3.8) is 0 Å². The quantitative estimate of drug-likeness (QED) is 0.937. The minimum absolute atomic E-state index is 0.284. The van der Waals surface area contributed by atoms with Crippen molar-refractivity contribution in [1.29, 1.82) is 0 Å². The Kier molecular flexibility index (Phi) is 4.22. The normalized spacial score (nSPS) is 12.7. The van der Waals surface area contributed by atoms with Gasteiger partial charge >= 0.3 is 0 Å². The largest absolute Gasteiger partial charge is 0.339 e. The monoisotopic (exact) mass is 285 g/mol. The topological polar surface area (TPSA) is 51.0 Å². The van der Waals surface area contributed by atoms with E-state index in [1.165, 1.54) is 0 Å². The van der Waals surface area contributed by atoms with Crippen LogP contribution in [0.2, 0.25) is 10.0 Å². The highest BCUT2D eigenvalue weighted by Gasteiger charge is 2.12. The van der Waals surface area contributed by atoms with Crippen LogP contribution in [0.1, 0.15) is 12.8 Å². The number of nitrogens with zero attached hydrogens (tertiary/aromatic N) is 2. The average molecular weight is 286 g/mol. The molecule has 1 aromatic carbocycles. The molecular weight excluding hydrogens is 273 g/mol. The molecule has 0 aliphatic carbocycles. The van der Waals surface area contributed by atoms with Gasteiger partial charge in [-0.25, -0.2) is 0 Å². The molecule has 1 heterocycles. The molecule has 0 aliphatic heterocycles. The predicted molar refractivity (Wildman–Crippen MR) is 72.0 cm³/mol. The zero-order valence-electron chi connectivity index (χ0n) is 10.1. The van der Waals surface area contributed by atoms with Crippen LogP contribution in [0.25, 0.3) is 11.4 Å². The highest BCUT2D eigenvalue weighted by Crippen LogP contribution is 2.27. The Hall–Kier alpha value is -1.10.